The molecular formula is C16H20N2O4S. The summed E-state index contributed by atoms with van der Waals surface area (Å²) in [5, 5.41) is 0.487. The van der Waals surface area contributed by atoms with Crippen molar-refractivity contribution in [3.8, 4) is 0 Å². The van der Waals surface area contributed by atoms with Gasteiger partial charge in [0.2, 0.25) is 0 Å². The van der Waals surface area contributed by atoms with Crippen molar-refractivity contribution >= 4 is 27.8 Å². The third kappa shape index (κ3) is 2.48. The van der Waals surface area contributed by atoms with E-state index in [-0.39, 0.29) is 11.2 Å². The number of carbonyl (C=O) groups excluding carboxylic acids is 1. The van der Waals surface area contributed by atoms with Gasteiger partial charge in [-0.2, -0.15) is 0 Å². The molecule has 2 aromatic heterocycles. The Bertz CT molecular complexity index is 886. The molecule has 1 aliphatic carbocycles. The molecule has 2 aromatic rings. The molecule has 1 aliphatic rings. The van der Waals surface area contributed by atoms with Crippen LogP contribution in [-0.2, 0) is 16.8 Å². The van der Waals surface area contributed by atoms with Gasteiger partial charge in [-0.1, -0.05) is 0 Å². The number of aromatic nitrogens is 2. The SMILES string of the molecule is CCOCCn1c(=O)n(C2(C)CC2)c(=O)c2c(C)c(C=O)sc21. The van der Waals surface area contributed by atoms with Crippen LogP contribution in [0.2, 0.25) is 0 Å². The van der Waals surface area contributed by atoms with Crippen LogP contribution in [-0.4, -0.2) is 28.6 Å². The van der Waals surface area contributed by atoms with Crippen LogP contribution in [0.25, 0.3) is 10.2 Å². The van der Waals surface area contributed by atoms with E-state index in [4.69, 9.17) is 4.74 Å². The van der Waals surface area contributed by atoms with Crippen LogP contribution in [0.3, 0.4) is 0 Å². The van der Waals surface area contributed by atoms with Crippen LogP contribution in [0.1, 0.15) is 41.9 Å². The van der Waals surface area contributed by atoms with Crippen molar-refractivity contribution < 1.29 is 9.53 Å². The fourth-order valence-corrected chi connectivity index (χ4v) is 3.99. The molecule has 0 unspecified atom stereocenters. The second-order valence-corrected chi connectivity index (χ2v) is 7.19. The molecule has 0 atom stereocenters. The number of rotatable bonds is 6. The molecule has 6 nitrogen and oxygen atoms in total. The Kier molecular flexibility index (Phi) is 4.01. The fourth-order valence-electron chi connectivity index (χ4n) is 2.85. The highest BCUT2D eigenvalue weighted by molar-refractivity contribution is 7.20. The minimum Gasteiger partial charge on any atom is -0.380 e. The summed E-state index contributed by atoms with van der Waals surface area (Å²) in [6.45, 7) is 6.92. The van der Waals surface area contributed by atoms with E-state index in [0.717, 1.165) is 19.1 Å². The van der Waals surface area contributed by atoms with Crippen LogP contribution < -0.4 is 11.2 Å². The van der Waals surface area contributed by atoms with E-state index in [1.165, 1.54) is 15.9 Å². The van der Waals surface area contributed by atoms with Gasteiger partial charge in [-0.05, 0) is 39.2 Å². The standard InChI is InChI=1S/C16H20N2O4S/c1-4-22-8-7-17-14-12(10(2)11(9-19)23-14)13(20)18(15(17)21)16(3)5-6-16/h9H,4-8H2,1-3H3. The Morgan fingerprint density at radius 3 is 2.61 bits per heavy atom. The average molecular weight is 336 g/mol. The summed E-state index contributed by atoms with van der Waals surface area (Å²) in [7, 11) is 0. The number of aryl methyl sites for hydroxylation is 1. The molecule has 0 radical (unpaired) electrons. The van der Waals surface area contributed by atoms with Crippen LogP contribution in [0, 0.1) is 6.92 Å². The summed E-state index contributed by atoms with van der Waals surface area (Å²) in [6, 6.07) is 0. The first-order valence-corrected chi connectivity index (χ1v) is 8.58. The topological polar surface area (TPSA) is 70.3 Å². The van der Waals surface area contributed by atoms with Crippen LogP contribution in [0.5, 0.6) is 0 Å². The molecule has 1 saturated carbocycles. The van der Waals surface area contributed by atoms with Crippen molar-refractivity contribution in [2.75, 3.05) is 13.2 Å². The lowest BCUT2D eigenvalue weighted by molar-refractivity contribution is 0.112. The second-order valence-electron chi connectivity index (χ2n) is 6.16. The predicted molar refractivity (Wildman–Crippen MR) is 89.8 cm³/mol. The molecular weight excluding hydrogens is 316 g/mol. The Hall–Kier alpha value is -1.73. The van der Waals surface area contributed by atoms with Crippen LogP contribution >= 0.6 is 11.3 Å². The summed E-state index contributed by atoms with van der Waals surface area (Å²) in [6.07, 6.45) is 2.39. The van der Waals surface area contributed by atoms with Crippen molar-refractivity contribution in [1.82, 2.24) is 9.13 Å². The van der Waals surface area contributed by atoms with Gasteiger partial charge in [-0.25, -0.2) is 4.79 Å². The van der Waals surface area contributed by atoms with E-state index in [0.29, 0.717) is 40.4 Å². The Balaban J connectivity index is 2.32. The zero-order valence-corrected chi connectivity index (χ0v) is 14.4. The fraction of sp³-hybridized carbons (Fsp3) is 0.562. The molecule has 0 spiro atoms. The molecule has 2 heterocycles. The molecule has 23 heavy (non-hydrogen) atoms. The maximum atomic E-state index is 12.9. The molecule has 0 saturated heterocycles. The van der Waals surface area contributed by atoms with Gasteiger partial charge in [-0.3, -0.25) is 18.7 Å². The Morgan fingerprint density at radius 1 is 1.35 bits per heavy atom. The largest absolute Gasteiger partial charge is 0.380 e. The van der Waals surface area contributed by atoms with E-state index in [9.17, 15) is 14.4 Å². The van der Waals surface area contributed by atoms with E-state index in [2.05, 4.69) is 0 Å². The van der Waals surface area contributed by atoms with Gasteiger partial charge in [-0.15, -0.1) is 11.3 Å². The number of fused-ring (bicyclic) bond motifs is 1. The number of ether oxygens (including phenoxy) is 1. The molecule has 0 amide bonds. The van der Waals surface area contributed by atoms with Gasteiger partial charge in [0, 0.05) is 6.61 Å². The lowest BCUT2D eigenvalue weighted by Crippen LogP contribution is -2.45. The van der Waals surface area contributed by atoms with E-state index in [1.807, 2.05) is 13.8 Å². The van der Waals surface area contributed by atoms with Crippen molar-refractivity contribution in [2.24, 2.45) is 0 Å². The normalized spacial score (nSPS) is 16.0. The maximum absolute atomic E-state index is 12.9. The van der Waals surface area contributed by atoms with E-state index >= 15 is 0 Å². The summed E-state index contributed by atoms with van der Waals surface area (Å²) in [4.78, 5) is 38.1. The van der Waals surface area contributed by atoms with Gasteiger partial charge in [0.1, 0.15) is 4.83 Å². The molecule has 0 bridgehead atoms. The summed E-state index contributed by atoms with van der Waals surface area (Å²) < 4.78 is 8.32. The molecule has 124 valence electrons. The maximum Gasteiger partial charge on any atom is 0.332 e. The van der Waals surface area contributed by atoms with Crippen molar-refractivity contribution in [2.45, 2.75) is 45.7 Å². The lowest BCUT2D eigenvalue weighted by Gasteiger charge is -2.16. The summed E-state index contributed by atoms with van der Waals surface area (Å²) in [5.41, 5.74) is -0.320. The smallest absolute Gasteiger partial charge is 0.332 e. The Labute approximate surface area is 137 Å². The average Bonchev–Trinajstić information content (AvgIpc) is 3.15. The quantitative estimate of drug-likeness (QED) is 0.597. The first-order valence-electron chi connectivity index (χ1n) is 7.77. The molecule has 7 heteroatoms. The number of hydrogen-bond donors (Lipinski definition) is 0. The minimum atomic E-state index is -0.397. The molecule has 0 N–H and O–H groups in total. The first kappa shape index (κ1) is 16.1. The highest BCUT2D eigenvalue weighted by Gasteiger charge is 2.42. The summed E-state index contributed by atoms with van der Waals surface area (Å²) in [5.74, 6) is 0. The summed E-state index contributed by atoms with van der Waals surface area (Å²) >= 11 is 1.20. The first-order chi connectivity index (χ1) is 10.9. The van der Waals surface area contributed by atoms with Gasteiger partial charge in [0.05, 0.1) is 29.0 Å². The zero-order chi connectivity index (χ0) is 16.8. The zero-order valence-electron chi connectivity index (χ0n) is 13.5. The molecule has 1 fully saturated rings. The minimum absolute atomic E-state index is 0.278. The highest BCUT2D eigenvalue weighted by atomic mass is 32.1. The third-order valence-corrected chi connectivity index (χ3v) is 5.77. The molecule has 0 aromatic carbocycles. The lowest BCUT2D eigenvalue weighted by atomic mass is 10.2. The highest BCUT2D eigenvalue weighted by Crippen LogP contribution is 2.41. The third-order valence-electron chi connectivity index (χ3n) is 4.53. The molecule has 3 rings (SSSR count). The van der Waals surface area contributed by atoms with Gasteiger partial charge < -0.3 is 4.74 Å². The van der Waals surface area contributed by atoms with Gasteiger partial charge in [0.15, 0.2) is 6.29 Å². The Morgan fingerprint density at radius 2 is 2.04 bits per heavy atom. The van der Waals surface area contributed by atoms with Crippen LogP contribution in [0.15, 0.2) is 9.59 Å². The predicted octanol–water partition coefficient (Wildman–Crippen LogP) is 1.89. The monoisotopic (exact) mass is 336 g/mol. The number of nitrogens with zero attached hydrogens (tertiary/aromatic N) is 2. The second kappa shape index (κ2) is 5.72. The number of thiophene rings is 1. The van der Waals surface area contributed by atoms with Crippen molar-refractivity contribution in [3.63, 3.8) is 0 Å². The van der Waals surface area contributed by atoms with Gasteiger partial charge in [0.25, 0.3) is 5.56 Å². The molecule has 0 aliphatic heterocycles. The number of carbonyl (C=O) groups is 1. The van der Waals surface area contributed by atoms with Crippen molar-refractivity contribution in [1.29, 1.82) is 0 Å². The van der Waals surface area contributed by atoms with Gasteiger partial charge >= 0.3 is 5.69 Å². The van der Waals surface area contributed by atoms with E-state index < -0.39 is 5.54 Å². The number of hydrogen-bond acceptors (Lipinski definition) is 5. The number of aldehydes is 1. The van der Waals surface area contributed by atoms with Crippen LogP contribution in [0.4, 0.5) is 0 Å². The van der Waals surface area contributed by atoms with E-state index in [1.54, 1.807) is 11.5 Å². The van der Waals surface area contributed by atoms with Crippen molar-refractivity contribution in [3.05, 3.63) is 31.3 Å².